The van der Waals surface area contributed by atoms with Crippen LogP contribution in [-0.2, 0) is 4.74 Å². The molecule has 1 aliphatic heterocycles. The number of nitrogens with one attached hydrogen (secondary N) is 2. The largest absolute Gasteiger partial charge is 0.379 e. The Labute approximate surface area is 130 Å². The molecule has 3 fully saturated rings. The van der Waals surface area contributed by atoms with Crippen molar-refractivity contribution in [2.45, 2.75) is 70.4 Å². The summed E-state index contributed by atoms with van der Waals surface area (Å²) in [6.07, 6.45) is 11.4. The van der Waals surface area contributed by atoms with Gasteiger partial charge in [-0.2, -0.15) is 0 Å². The zero-order chi connectivity index (χ0) is 14.5. The third kappa shape index (κ3) is 4.20. The lowest BCUT2D eigenvalue weighted by molar-refractivity contribution is 0.0523. The first kappa shape index (κ1) is 15.8. The molecule has 2 N–H and O–H groups in total. The van der Waals surface area contributed by atoms with E-state index >= 15 is 0 Å². The van der Waals surface area contributed by atoms with Crippen LogP contribution in [-0.4, -0.2) is 38.4 Å². The maximum atomic E-state index is 5.67. The van der Waals surface area contributed by atoms with E-state index in [1.54, 1.807) is 0 Å². The van der Waals surface area contributed by atoms with E-state index in [0.29, 0.717) is 6.04 Å². The Balaban J connectivity index is 1.41. The number of ether oxygens (including phenoxy) is 1. The lowest BCUT2D eigenvalue weighted by Crippen LogP contribution is -2.51. The van der Waals surface area contributed by atoms with E-state index in [1.165, 1.54) is 57.9 Å². The molecule has 0 amide bonds. The van der Waals surface area contributed by atoms with Crippen LogP contribution in [0.2, 0.25) is 0 Å². The van der Waals surface area contributed by atoms with E-state index in [1.807, 2.05) is 0 Å². The van der Waals surface area contributed by atoms with E-state index in [0.717, 1.165) is 43.6 Å². The van der Waals surface area contributed by atoms with Gasteiger partial charge in [0, 0.05) is 18.6 Å². The van der Waals surface area contributed by atoms with Crippen LogP contribution >= 0.6 is 0 Å². The van der Waals surface area contributed by atoms with Crippen LogP contribution in [0.1, 0.15) is 58.3 Å². The van der Waals surface area contributed by atoms with Gasteiger partial charge in [0.1, 0.15) is 0 Å². The molecule has 0 radical (unpaired) electrons. The number of hydrogen-bond acceptors (Lipinski definition) is 3. The Bertz CT molecular complexity index is 304. The summed E-state index contributed by atoms with van der Waals surface area (Å²) < 4.78 is 5.67. The molecule has 0 spiro atoms. The molecule has 0 aromatic rings. The van der Waals surface area contributed by atoms with Crippen LogP contribution in [0.4, 0.5) is 0 Å². The molecule has 0 aromatic carbocycles. The minimum absolute atomic E-state index is 0.590. The number of rotatable bonds is 5. The van der Waals surface area contributed by atoms with Gasteiger partial charge in [-0.1, -0.05) is 39.0 Å². The molecule has 122 valence electrons. The molecule has 1 saturated heterocycles. The molecule has 3 rings (SSSR count). The molecule has 2 saturated carbocycles. The second-order valence-corrected chi connectivity index (χ2v) is 7.60. The highest BCUT2D eigenvalue weighted by molar-refractivity contribution is 4.92. The van der Waals surface area contributed by atoms with E-state index in [-0.39, 0.29) is 0 Å². The predicted octanol–water partition coefficient (Wildman–Crippen LogP) is 2.95. The summed E-state index contributed by atoms with van der Waals surface area (Å²) in [6.45, 7) is 6.53. The third-order valence-corrected chi connectivity index (χ3v) is 6.25. The first-order valence-electron chi connectivity index (χ1n) is 9.39. The van der Waals surface area contributed by atoms with Gasteiger partial charge in [0.15, 0.2) is 0 Å². The number of morpholine rings is 1. The molecular formula is C18H34N2O. The molecule has 0 bridgehead atoms. The summed E-state index contributed by atoms with van der Waals surface area (Å²) in [5.41, 5.74) is 0. The monoisotopic (exact) mass is 294 g/mol. The van der Waals surface area contributed by atoms with Crippen molar-refractivity contribution >= 4 is 0 Å². The van der Waals surface area contributed by atoms with E-state index in [2.05, 4.69) is 17.6 Å². The third-order valence-electron chi connectivity index (χ3n) is 6.25. The first-order chi connectivity index (χ1) is 10.3. The van der Waals surface area contributed by atoms with Crippen molar-refractivity contribution < 1.29 is 4.74 Å². The Hall–Kier alpha value is -0.120. The fourth-order valence-electron chi connectivity index (χ4n) is 4.86. The summed E-state index contributed by atoms with van der Waals surface area (Å²) in [7, 11) is 0. The molecule has 3 aliphatic rings. The maximum Gasteiger partial charge on any atom is 0.0623 e. The zero-order valence-electron chi connectivity index (χ0n) is 13.8. The second-order valence-electron chi connectivity index (χ2n) is 7.60. The van der Waals surface area contributed by atoms with Crippen molar-refractivity contribution in [1.29, 1.82) is 0 Å². The Morgan fingerprint density at radius 1 is 1.10 bits per heavy atom. The summed E-state index contributed by atoms with van der Waals surface area (Å²) in [4.78, 5) is 0. The van der Waals surface area contributed by atoms with Gasteiger partial charge in [-0.05, 0) is 43.6 Å². The SMILES string of the molecule is CC1CCCCC1CCNC1CCCC1C1COCCN1. The molecule has 1 heterocycles. The van der Waals surface area contributed by atoms with E-state index in [4.69, 9.17) is 4.74 Å². The average molecular weight is 294 g/mol. The van der Waals surface area contributed by atoms with Gasteiger partial charge in [0.05, 0.1) is 13.2 Å². The van der Waals surface area contributed by atoms with Gasteiger partial charge in [-0.25, -0.2) is 0 Å². The Morgan fingerprint density at radius 3 is 2.81 bits per heavy atom. The molecule has 5 atom stereocenters. The van der Waals surface area contributed by atoms with Crippen LogP contribution in [0, 0.1) is 17.8 Å². The van der Waals surface area contributed by atoms with Gasteiger partial charge >= 0.3 is 0 Å². The first-order valence-corrected chi connectivity index (χ1v) is 9.39. The summed E-state index contributed by atoms with van der Waals surface area (Å²) >= 11 is 0. The predicted molar refractivity (Wildman–Crippen MR) is 87.5 cm³/mol. The van der Waals surface area contributed by atoms with Crippen LogP contribution in [0.25, 0.3) is 0 Å². The standard InChI is InChI=1S/C18H34N2O/c1-14-5-2-3-6-15(14)9-10-19-17-8-4-7-16(17)18-13-21-12-11-20-18/h14-20H,2-13H2,1H3. The van der Waals surface area contributed by atoms with E-state index in [9.17, 15) is 0 Å². The average Bonchev–Trinajstić information content (AvgIpc) is 2.99. The topological polar surface area (TPSA) is 33.3 Å². The normalized spacial score (nSPS) is 41.3. The highest BCUT2D eigenvalue weighted by atomic mass is 16.5. The van der Waals surface area contributed by atoms with Crippen LogP contribution in [0.15, 0.2) is 0 Å². The Morgan fingerprint density at radius 2 is 2.00 bits per heavy atom. The molecule has 5 unspecified atom stereocenters. The molecule has 2 aliphatic carbocycles. The fourth-order valence-corrected chi connectivity index (χ4v) is 4.86. The lowest BCUT2D eigenvalue weighted by Gasteiger charge is -2.34. The highest BCUT2D eigenvalue weighted by Gasteiger charge is 2.34. The minimum atomic E-state index is 0.590. The molecular weight excluding hydrogens is 260 g/mol. The van der Waals surface area contributed by atoms with Crippen molar-refractivity contribution in [2.75, 3.05) is 26.3 Å². The van der Waals surface area contributed by atoms with E-state index < -0.39 is 0 Å². The summed E-state index contributed by atoms with van der Waals surface area (Å²) in [5.74, 6) is 2.71. The Kier molecular flexibility index (Phi) is 5.96. The second kappa shape index (κ2) is 7.94. The van der Waals surface area contributed by atoms with Gasteiger partial charge in [0.2, 0.25) is 0 Å². The van der Waals surface area contributed by atoms with Crippen molar-refractivity contribution in [3.63, 3.8) is 0 Å². The van der Waals surface area contributed by atoms with Crippen molar-refractivity contribution in [3.05, 3.63) is 0 Å². The van der Waals surface area contributed by atoms with Crippen molar-refractivity contribution in [2.24, 2.45) is 17.8 Å². The summed E-state index contributed by atoms with van der Waals surface area (Å²) in [6, 6.07) is 1.32. The smallest absolute Gasteiger partial charge is 0.0623 e. The quantitative estimate of drug-likeness (QED) is 0.818. The van der Waals surface area contributed by atoms with Crippen LogP contribution in [0.5, 0.6) is 0 Å². The molecule has 3 heteroatoms. The van der Waals surface area contributed by atoms with Crippen molar-refractivity contribution in [3.8, 4) is 0 Å². The summed E-state index contributed by atoms with van der Waals surface area (Å²) in [5, 5.41) is 7.57. The van der Waals surface area contributed by atoms with Gasteiger partial charge < -0.3 is 15.4 Å². The maximum absolute atomic E-state index is 5.67. The van der Waals surface area contributed by atoms with Gasteiger partial charge in [-0.15, -0.1) is 0 Å². The van der Waals surface area contributed by atoms with Crippen LogP contribution in [0.3, 0.4) is 0 Å². The molecule has 0 aromatic heterocycles. The van der Waals surface area contributed by atoms with Crippen molar-refractivity contribution in [1.82, 2.24) is 10.6 Å². The molecule has 21 heavy (non-hydrogen) atoms. The van der Waals surface area contributed by atoms with Crippen LogP contribution < -0.4 is 10.6 Å². The molecule has 3 nitrogen and oxygen atoms in total. The van der Waals surface area contributed by atoms with Gasteiger partial charge in [0.25, 0.3) is 0 Å². The zero-order valence-corrected chi connectivity index (χ0v) is 13.8. The lowest BCUT2D eigenvalue weighted by atomic mass is 9.78. The number of hydrogen-bond donors (Lipinski definition) is 2. The fraction of sp³-hybridized carbons (Fsp3) is 1.00. The van der Waals surface area contributed by atoms with Gasteiger partial charge in [-0.3, -0.25) is 0 Å². The highest BCUT2D eigenvalue weighted by Crippen LogP contribution is 2.32. The minimum Gasteiger partial charge on any atom is -0.379 e.